The molecule has 1 N–H and O–H groups in total. The number of hydrogen-bond acceptors (Lipinski definition) is 4. The number of halogens is 3. The van der Waals surface area contributed by atoms with Gasteiger partial charge in [0.1, 0.15) is 11.5 Å². The highest BCUT2D eigenvalue weighted by Gasteiger charge is 2.08. The van der Waals surface area contributed by atoms with E-state index in [9.17, 15) is 4.79 Å². The molecule has 2 aromatic carbocycles. The molecule has 0 bridgehead atoms. The fraction of sp³-hybridized carbons (Fsp3) is 0.125. The lowest BCUT2D eigenvalue weighted by Crippen LogP contribution is -2.24. The topological polar surface area (TPSA) is 59.9 Å². The first-order chi connectivity index (χ1) is 11.5. The van der Waals surface area contributed by atoms with Crippen LogP contribution >= 0.6 is 43.5 Å². The molecule has 0 radical (unpaired) electrons. The third kappa shape index (κ3) is 5.51. The predicted octanol–water partition coefficient (Wildman–Crippen LogP) is 4.40. The first-order valence-corrected chi connectivity index (χ1v) is 8.69. The fourth-order valence-electron chi connectivity index (χ4n) is 1.80. The normalized spacial score (nSPS) is 10.7. The maximum Gasteiger partial charge on any atom is 0.277 e. The summed E-state index contributed by atoms with van der Waals surface area (Å²) in [5.41, 5.74) is 3.10. The second-order valence-electron chi connectivity index (χ2n) is 4.55. The summed E-state index contributed by atoms with van der Waals surface area (Å²) >= 11 is 12.6. The van der Waals surface area contributed by atoms with Crippen molar-refractivity contribution in [2.45, 2.75) is 0 Å². The molecule has 0 spiro atoms. The first-order valence-electron chi connectivity index (χ1n) is 6.73. The number of amides is 1. The van der Waals surface area contributed by atoms with E-state index in [-0.39, 0.29) is 12.5 Å². The Morgan fingerprint density at radius 1 is 1.33 bits per heavy atom. The molecule has 2 aromatic rings. The number of methoxy groups -OCH3 is 1. The summed E-state index contributed by atoms with van der Waals surface area (Å²) in [5, 5.41) is 4.45. The van der Waals surface area contributed by atoms with Crippen LogP contribution in [0.2, 0.25) is 5.02 Å². The minimum Gasteiger partial charge on any atom is -0.495 e. The molecule has 126 valence electrons. The van der Waals surface area contributed by atoms with Crippen LogP contribution in [0.5, 0.6) is 11.5 Å². The van der Waals surface area contributed by atoms with Crippen molar-refractivity contribution in [1.82, 2.24) is 5.43 Å². The third-order valence-corrected chi connectivity index (χ3v) is 4.08. The van der Waals surface area contributed by atoms with E-state index in [2.05, 4.69) is 42.4 Å². The van der Waals surface area contributed by atoms with Crippen LogP contribution in [0.1, 0.15) is 5.56 Å². The molecule has 8 heteroatoms. The average molecular weight is 477 g/mol. The van der Waals surface area contributed by atoms with Gasteiger partial charge in [0.25, 0.3) is 5.91 Å². The molecule has 0 saturated heterocycles. The van der Waals surface area contributed by atoms with Crippen molar-refractivity contribution in [3.8, 4) is 11.5 Å². The highest BCUT2D eigenvalue weighted by molar-refractivity contribution is 9.11. The second kappa shape index (κ2) is 9.05. The van der Waals surface area contributed by atoms with Gasteiger partial charge in [-0.15, -0.1) is 0 Å². The van der Waals surface area contributed by atoms with Gasteiger partial charge in [-0.3, -0.25) is 4.79 Å². The standard InChI is InChI=1S/C16H13Br2ClN2O3/c1-23-16-10(5-11(17)6-14(16)18)8-20-21-15(22)9-24-13-4-2-3-12(19)7-13/h2-8H,9H2,1H3,(H,21,22)/b20-8-. The Hall–Kier alpha value is -1.57. The minimum atomic E-state index is -0.390. The molecule has 0 unspecified atom stereocenters. The van der Waals surface area contributed by atoms with E-state index in [4.69, 9.17) is 21.1 Å². The van der Waals surface area contributed by atoms with E-state index in [1.54, 1.807) is 31.4 Å². The van der Waals surface area contributed by atoms with Gasteiger partial charge >= 0.3 is 0 Å². The third-order valence-electron chi connectivity index (χ3n) is 2.80. The Morgan fingerprint density at radius 2 is 2.12 bits per heavy atom. The number of rotatable bonds is 6. The van der Waals surface area contributed by atoms with E-state index in [1.807, 2.05) is 12.1 Å². The molecule has 0 heterocycles. The summed E-state index contributed by atoms with van der Waals surface area (Å²) in [6.07, 6.45) is 1.49. The second-order valence-corrected chi connectivity index (χ2v) is 6.76. The van der Waals surface area contributed by atoms with Crippen LogP contribution in [0.15, 0.2) is 50.4 Å². The van der Waals surface area contributed by atoms with Gasteiger partial charge in [0.05, 0.1) is 17.8 Å². The number of nitrogens with zero attached hydrogens (tertiary/aromatic N) is 1. The van der Waals surface area contributed by atoms with Gasteiger partial charge in [0, 0.05) is 15.1 Å². The summed E-state index contributed by atoms with van der Waals surface area (Å²) in [5.74, 6) is 0.741. The van der Waals surface area contributed by atoms with Crippen LogP contribution in [0, 0.1) is 0 Å². The number of ether oxygens (including phenoxy) is 2. The average Bonchev–Trinajstić information content (AvgIpc) is 2.53. The molecule has 0 fully saturated rings. The summed E-state index contributed by atoms with van der Waals surface area (Å²) in [4.78, 5) is 11.7. The van der Waals surface area contributed by atoms with Gasteiger partial charge in [0.15, 0.2) is 6.61 Å². The van der Waals surface area contributed by atoms with Gasteiger partial charge in [-0.05, 0) is 46.3 Å². The van der Waals surface area contributed by atoms with Crippen molar-refractivity contribution in [3.05, 3.63) is 55.9 Å². The quantitative estimate of drug-likeness (QED) is 0.497. The predicted molar refractivity (Wildman–Crippen MR) is 101 cm³/mol. The Bertz CT molecular complexity index is 769. The number of nitrogens with one attached hydrogen (secondary N) is 1. The van der Waals surface area contributed by atoms with Crippen LogP contribution in [-0.2, 0) is 4.79 Å². The number of carbonyl (C=O) groups excluding carboxylic acids is 1. The maximum atomic E-state index is 11.7. The van der Waals surface area contributed by atoms with E-state index in [1.165, 1.54) is 6.21 Å². The van der Waals surface area contributed by atoms with Crippen molar-refractivity contribution < 1.29 is 14.3 Å². The van der Waals surface area contributed by atoms with Crippen LogP contribution in [-0.4, -0.2) is 25.8 Å². The SMILES string of the molecule is COc1c(Br)cc(Br)cc1/C=N\NC(=O)COc1cccc(Cl)c1. The lowest BCUT2D eigenvalue weighted by atomic mass is 10.2. The van der Waals surface area contributed by atoms with Crippen molar-refractivity contribution in [1.29, 1.82) is 0 Å². The largest absolute Gasteiger partial charge is 0.495 e. The lowest BCUT2D eigenvalue weighted by molar-refractivity contribution is -0.123. The van der Waals surface area contributed by atoms with Gasteiger partial charge in [-0.25, -0.2) is 5.43 Å². The van der Waals surface area contributed by atoms with Gasteiger partial charge in [0.2, 0.25) is 0 Å². The molecule has 24 heavy (non-hydrogen) atoms. The van der Waals surface area contributed by atoms with E-state index in [0.29, 0.717) is 22.1 Å². The van der Waals surface area contributed by atoms with Crippen molar-refractivity contribution in [2.24, 2.45) is 5.10 Å². The number of carbonyl (C=O) groups is 1. The number of hydrazone groups is 1. The van der Waals surface area contributed by atoms with Crippen molar-refractivity contribution in [3.63, 3.8) is 0 Å². The summed E-state index contributed by atoms with van der Waals surface area (Å²) in [7, 11) is 1.56. The van der Waals surface area contributed by atoms with Crippen LogP contribution in [0.3, 0.4) is 0 Å². The van der Waals surface area contributed by atoms with E-state index in [0.717, 1.165) is 8.95 Å². The molecule has 1 amide bonds. The molecule has 0 aromatic heterocycles. The lowest BCUT2D eigenvalue weighted by Gasteiger charge is -2.08. The summed E-state index contributed by atoms with van der Waals surface area (Å²) < 4.78 is 12.2. The van der Waals surface area contributed by atoms with E-state index >= 15 is 0 Å². The molecule has 0 aliphatic rings. The Kier molecular flexibility index (Phi) is 7.08. The molecule has 0 saturated carbocycles. The van der Waals surface area contributed by atoms with Gasteiger partial charge in [-0.2, -0.15) is 5.10 Å². The Labute approximate surface area is 161 Å². The highest BCUT2D eigenvalue weighted by Crippen LogP contribution is 2.31. The zero-order valence-electron chi connectivity index (χ0n) is 12.6. The number of hydrogen-bond donors (Lipinski definition) is 1. The van der Waals surface area contributed by atoms with Crippen molar-refractivity contribution >= 4 is 55.6 Å². The Balaban J connectivity index is 1.93. The van der Waals surface area contributed by atoms with Crippen molar-refractivity contribution in [2.75, 3.05) is 13.7 Å². The van der Waals surface area contributed by atoms with E-state index < -0.39 is 0 Å². The monoisotopic (exact) mass is 474 g/mol. The Morgan fingerprint density at radius 3 is 2.83 bits per heavy atom. The molecular weight excluding hydrogens is 463 g/mol. The zero-order chi connectivity index (χ0) is 17.5. The molecule has 5 nitrogen and oxygen atoms in total. The molecule has 2 rings (SSSR count). The van der Waals surface area contributed by atoms with Crippen LogP contribution in [0.4, 0.5) is 0 Å². The fourth-order valence-corrected chi connectivity index (χ4v) is 3.40. The van der Waals surface area contributed by atoms with Crippen LogP contribution < -0.4 is 14.9 Å². The molecular formula is C16H13Br2ClN2O3. The number of benzene rings is 2. The van der Waals surface area contributed by atoms with Crippen LogP contribution in [0.25, 0.3) is 0 Å². The summed E-state index contributed by atoms with van der Waals surface area (Å²) in [6.45, 7) is -0.170. The van der Waals surface area contributed by atoms with Gasteiger partial charge in [-0.1, -0.05) is 33.6 Å². The molecule has 0 aliphatic carbocycles. The first kappa shape index (κ1) is 18.8. The zero-order valence-corrected chi connectivity index (χ0v) is 16.5. The minimum absolute atomic E-state index is 0.170. The summed E-state index contributed by atoms with van der Waals surface area (Å²) in [6, 6.07) is 10.5. The molecule has 0 atom stereocenters. The molecule has 0 aliphatic heterocycles. The smallest absolute Gasteiger partial charge is 0.277 e. The highest BCUT2D eigenvalue weighted by atomic mass is 79.9. The maximum absolute atomic E-state index is 11.7. The van der Waals surface area contributed by atoms with Gasteiger partial charge < -0.3 is 9.47 Å².